The minimum atomic E-state index is -4.28. The Bertz CT molecular complexity index is 1150. The molecule has 0 bridgehead atoms. The molecule has 8 nitrogen and oxygen atoms in total. The van der Waals surface area contributed by atoms with E-state index in [2.05, 4.69) is 86.8 Å². The van der Waals surface area contributed by atoms with Gasteiger partial charge in [0.05, 0.1) is 34.4 Å². The molecule has 0 radical (unpaired) electrons. The topological polar surface area (TPSA) is 91.3 Å². The Kier molecular flexibility index (Phi) is 40.2. The van der Waals surface area contributed by atoms with Crippen molar-refractivity contribution in [2.45, 2.75) is 180 Å². The van der Waals surface area contributed by atoms with Crippen LogP contribution in [0.1, 0.15) is 174 Å². The molecule has 0 amide bonds. The Morgan fingerprint density at radius 2 is 1.00 bits per heavy atom. The van der Waals surface area contributed by atoms with Gasteiger partial charge in [-0.2, -0.15) is 0 Å². The van der Waals surface area contributed by atoms with Crippen LogP contribution in [0.25, 0.3) is 0 Å². The molecular weight excluding hydrogens is 746 g/mol. The lowest BCUT2D eigenvalue weighted by Crippen LogP contribution is -2.37. The van der Waals surface area contributed by atoms with Crippen LogP contribution in [-0.2, 0) is 27.9 Å². The predicted octanol–water partition coefficient (Wildman–Crippen LogP) is 13.9. The summed E-state index contributed by atoms with van der Waals surface area (Å²) in [6.07, 6.45) is 53.7. The summed E-state index contributed by atoms with van der Waals surface area (Å²) in [4.78, 5) is 22.9. The Hall–Kier alpha value is -2.06. The first-order valence-electron chi connectivity index (χ1n) is 23.2. The van der Waals surface area contributed by atoms with Crippen molar-refractivity contribution in [2.75, 3.05) is 54.1 Å². The minimum absolute atomic E-state index is 0.0829. The van der Waals surface area contributed by atoms with Gasteiger partial charge in [-0.25, -0.2) is 4.57 Å². The largest absolute Gasteiger partial charge is 0.472 e. The number of phosphoric ester groups is 1. The molecular formula is C49H89NO7P+. The van der Waals surface area contributed by atoms with E-state index in [1.54, 1.807) is 0 Å². The number of likely N-dealkylation sites (N-methyl/N-ethyl adjacent to an activating group) is 1. The van der Waals surface area contributed by atoms with E-state index in [0.717, 1.165) is 70.6 Å². The molecule has 0 aromatic carbocycles. The van der Waals surface area contributed by atoms with Crippen molar-refractivity contribution in [1.29, 1.82) is 0 Å². The van der Waals surface area contributed by atoms with Gasteiger partial charge in [0, 0.05) is 13.0 Å². The van der Waals surface area contributed by atoms with Gasteiger partial charge >= 0.3 is 13.8 Å². The Morgan fingerprint density at radius 3 is 1.52 bits per heavy atom. The van der Waals surface area contributed by atoms with E-state index in [1.807, 2.05) is 21.1 Å². The SMILES string of the molecule is CC/C=C\C/C=C\C/C=C\C/C=C\C/C=C\CCCCCCCCCCCC(=O)OC(COCCCCCCCC/C=C\CCC)COP(=O)(O)OCC[N+](C)(C)C. The summed E-state index contributed by atoms with van der Waals surface area (Å²) in [5, 5.41) is 0. The molecule has 0 aliphatic rings. The monoisotopic (exact) mass is 835 g/mol. The van der Waals surface area contributed by atoms with Crippen LogP contribution in [0.15, 0.2) is 72.9 Å². The third kappa shape index (κ3) is 45.0. The lowest BCUT2D eigenvalue weighted by atomic mass is 10.1. The summed E-state index contributed by atoms with van der Waals surface area (Å²) < 4.78 is 35.0. The molecule has 0 spiro atoms. The molecule has 0 saturated carbocycles. The van der Waals surface area contributed by atoms with Crippen molar-refractivity contribution < 1.29 is 37.3 Å². The van der Waals surface area contributed by atoms with E-state index >= 15 is 0 Å². The number of esters is 1. The van der Waals surface area contributed by atoms with E-state index < -0.39 is 13.9 Å². The highest BCUT2D eigenvalue weighted by molar-refractivity contribution is 7.47. The van der Waals surface area contributed by atoms with Crippen LogP contribution in [0, 0.1) is 0 Å². The van der Waals surface area contributed by atoms with Gasteiger partial charge in [-0.05, 0) is 77.0 Å². The number of hydrogen-bond donors (Lipinski definition) is 1. The van der Waals surface area contributed by atoms with Gasteiger partial charge in [0.1, 0.15) is 19.3 Å². The van der Waals surface area contributed by atoms with Crippen molar-refractivity contribution in [2.24, 2.45) is 0 Å². The summed E-state index contributed by atoms with van der Waals surface area (Å²) >= 11 is 0. The summed E-state index contributed by atoms with van der Waals surface area (Å²) in [6.45, 7) is 5.42. The molecule has 58 heavy (non-hydrogen) atoms. The number of quaternary nitrogens is 1. The van der Waals surface area contributed by atoms with Gasteiger partial charge in [-0.1, -0.05) is 164 Å². The third-order valence-corrected chi connectivity index (χ3v) is 10.5. The molecule has 0 aliphatic heterocycles. The Labute approximate surface area is 357 Å². The molecule has 0 rings (SSSR count). The van der Waals surface area contributed by atoms with Crippen LogP contribution < -0.4 is 0 Å². The van der Waals surface area contributed by atoms with Crippen molar-refractivity contribution in [3.8, 4) is 0 Å². The third-order valence-electron chi connectivity index (χ3n) is 9.48. The molecule has 0 aromatic rings. The standard InChI is InChI=1S/C49H88NO7P/c1-6-8-10-12-14-16-18-19-20-21-22-23-24-25-26-27-28-29-30-31-32-34-36-38-40-42-49(51)57-48(47-56-58(52,53)55-45-43-50(3,4)5)46-54-44-41-39-37-35-33-17-15-13-11-9-7-2/h8,10-11,13-14,16,19-20,22-23,25-26,48H,6-7,9,12,15,17-18,21,24,27-47H2,1-5H3/p+1/b10-8-,13-11-,16-14-,20-19-,23-22-,26-25-. The number of allylic oxidation sites excluding steroid dienone is 12. The van der Waals surface area contributed by atoms with Crippen molar-refractivity contribution in [1.82, 2.24) is 0 Å². The molecule has 0 fully saturated rings. The fourth-order valence-electron chi connectivity index (χ4n) is 5.93. The summed E-state index contributed by atoms with van der Waals surface area (Å²) in [5.41, 5.74) is 0. The second-order valence-electron chi connectivity index (χ2n) is 16.4. The highest BCUT2D eigenvalue weighted by Gasteiger charge is 2.26. The quantitative estimate of drug-likeness (QED) is 0.0215. The maximum atomic E-state index is 12.7. The molecule has 1 N–H and O–H groups in total. The Morgan fingerprint density at radius 1 is 0.552 bits per heavy atom. The average Bonchev–Trinajstić information content (AvgIpc) is 3.18. The fourth-order valence-corrected chi connectivity index (χ4v) is 6.68. The van der Waals surface area contributed by atoms with Crippen molar-refractivity contribution in [3.63, 3.8) is 0 Å². The van der Waals surface area contributed by atoms with Gasteiger partial charge in [0.25, 0.3) is 0 Å². The minimum Gasteiger partial charge on any atom is -0.457 e. The number of carbonyl (C=O) groups excluding carboxylic acids is 1. The highest BCUT2D eigenvalue weighted by atomic mass is 31.2. The molecule has 0 aromatic heterocycles. The van der Waals surface area contributed by atoms with E-state index in [4.69, 9.17) is 18.5 Å². The first kappa shape index (κ1) is 55.9. The number of phosphoric acid groups is 1. The smallest absolute Gasteiger partial charge is 0.457 e. The fraction of sp³-hybridized carbons (Fsp3) is 0.735. The number of hydrogen-bond acceptors (Lipinski definition) is 6. The number of unbranched alkanes of at least 4 members (excludes halogenated alkanes) is 16. The van der Waals surface area contributed by atoms with Gasteiger partial charge in [0.15, 0.2) is 0 Å². The van der Waals surface area contributed by atoms with Crippen molar-refractivity contribution >= 4 is 13.8 Å². The van der Waals surface area contributed by atoms with Gasteiger partial charge in [0.2, 0.25) is 0 Å². The van der Waals surface area contributed by atoms with Gasteiger partial charge in [-0.15, -0.1) is 0 Å². The molecule has 336 valence electrons. The molecule has 0 heterocycles. The van der Waals surface area contributed by atoms with Crippen LogP contribution in [0.3, 0.4) is 0 Å². The van der Waals surface area contributed by atoms with E-state index in [-0.39, 0.29) is 25.8 Å². The maximum absolute atomic E-state index is 12.7. The zero-order chi connectivity index (χ0) is 42.7. The van der Waals surface area contributed by atoms with Gasteiger partial charge in [-0.3, -0.25) is 13.8 Å². The highest BCUT2D eigenvalue weighted by Crippen LogP contribution is 2.43. The van der Waals surface area contributed by atoms with Crippen molar-refractivity contribution in [3.05, 3.63) is 72.9 Å². The van der Waals surface area contributed by atoms with E-state index in [0.29, 0.717) is 24.1 Å². The second-order valence-corrected chi connectivity index (χ2v) is 17.9. The number of ether oxygens (including phenoxy) is 2. The number of rotatable bonds is 42. The Balaban J connectivity index is 4.14. The van der Waals surface area contributed by atoms with E-state index in [9.17, 15) is 14.3 Å². The zero-order valence-corrected chi connectivity index (χ0v) is 38.9. The second kappa shape index (κ2) is 41.7. The first-order valence-corrected chi connectivity index (χ1v) is 24.7. The number of carbonyl (C=O) groups is 1. The predicted molar refractivity (Wildman–Crippen MR) is 247 cm³/mol. The average molecular weight is 835 g/mol. The van der Waals surface area contributed by atoms with Gasteiger partial charge < -0.3 is 18.9 Å². The van der Waals surface area contributed by atoms with Crippen LogP contribution in [0.4, 0.5) is 0 Å². The van der Waals surface area contributed by atoms with Crippen LogP contribution >= 0.6 is 7.82 Å². The summed E-state index contributed by atoms with van der Waals surface area (Å²) in [5.74, 6) is -0.326. The summed E-state index contributed by atoms with van der Waals surface area (Å²) in [6, 6.07) is 0. The van der Waals surface area contributed by atoms with Crippen LogP contribution in [0.2, 0.25) is 0 Å². The van der Waals surface area contributed by atoms with E-state index in [1.165, 1.54) is 83.5 Å². The molecule has 2 unspecified atom stereocenters. The molecule has 2 atom stereocenters. The molecule has 0 aliphatic carbocycles. The molecule has 0 saturated heterocycles. The maximum Gasteiger partial charge on any atom is 0.472 e. The van der Waals surface area contributed by atoms with Crippen LogP contribution in [0.5, 0.6) is 0 Å². The normalized spacial score (nSPS) is 14.4. The van der Waals surface area contributed by atoms with Crippen LogP contribution in [-0.4, -0.2) is 75.6 Å². The first-order chi connectivity index (χ1) is 28.1. The molecule has 9 heteroatoms. The summed E-state index contributed by atoms with van der Waals surface area (Å²) in [7, 11) is 1.65. The lowest BCUT2D eigenvalue weighted by Gasteiger charge is -2.24. The zero-order valence-electron chi connectivity index (χ0n) is 38.0. The number of nitrogens with zero attached hydrogens (tertiary/aromatic N) is 1. The lowest BCUT2D eigenvalue weighted by molar-refractivity contribution is -0.870.